The molecule has 0 saturated heterocycles. The molecule has 0 saturated carbocycles. The van der Waals surface area contributed by atoms with Gasteiger partial charge in [-0.25, -0.2) is 13.0 Å². The Bertz CT molecular complexity index is 1330. The number of aromatic nitrogens is 1. The first kappa shape index (κ1) is 27.2. The highest BCUT2D eigenvalue weighted by molar-refractivity contribution is 7.79. The summed E-state index contributed by atoms with van der Waals surface area (Å²) in [7, 11) is 0. The fraction of sp³-hybridized carbons (Fsp3) is 0.423. The average molecular weight is 537 g/mol. The van der Waals surface area contributed by atoms with Crippen LogP contribution in [0.15, 0.2) is 30.3 Å². The summed E-state index contributed by atoms with van der Waals surface area (Å²) in [6.45, 7) is 5.64. The molecule has 2 heterocycles. The summed E-state index contributed by atoms with van der Waals surface area (Å²) >= 11 is -2.08. The van der Waals surface area contributed by atoms with Crippen molar-refractivity contribution in [3.8, 4) is 5.75 Å². The molecule has 1 unspecified atom stereocenters. The fourth-order valence-electron chi connectivity index (χ4n) is 5.03. The first-order valence-corrected chi connectivity index (χ1v) is 13.2. The van der Waals surface area contributed by atoms with E-state index in [1.165, 1.54) is 24.3 Å². The molecule has 0 bridgehead atoms. The quantitative estimate of drug-likeness (QED) is 0.260. The van der Waals surface area contributed by atoms with E-state index in [-0.39, 0.29) is 37.6 Å². The van der Waals surface area contributed by atoms with Crippen LogP contribution in [0.3, 0.4) is 0 Å². The van der Waals surface area contributed by atoms with E-state index < -0.39 is 34.8 Å². The number of H-pyrrole nitrogens is 1. The van der Waals surface area contributed by atoms with Gasteiger partial charge >= 0.3 is 5.97 Å². The predicted octanol–water partition coefficient (Wildman–Crippen LogP) is 4.39. The molecule has 4 atom stereocenters. The van der Waals surface area contributed by atoms with E-state index in [0.29, 0.717) is 29.0 Å². The number of carboxylic acid groups (broad SMARTS) is 1. The number of ether oxygens (including phenoxy) is 2. The zero-order chi connectivity index (χ0) is 26.9. The number of fused-ring (bicyclic) bond motifs is 3. The Morgan fingerprint density at radius 3 is 2.73 bits per heavy atom. The van der Waals surface area contributed by atoms with Gasteiger partial charge in [0.1, 0.15) is 29.9 Å². The van der Waals surface area contributed by atoms with Crippen LogP contribution in [0, 0.1) is 24.5 Å². The van der Waals surface area contributed by atoms with Crippen LogP contribution in [0.2, 0.25) is 0 Å². The maximum absolute atomic E-state index is 15.6. The van der Waals surface area contributed by atoms with Crippen LogP contribution < -0.4 is 4.74 Å². The van der Waals surface area contributed by atoms with Crippen LogP contribution in [0.4, 0.5) is 8.78 Å². The topological polar surface area (TPSA) is 112 Å². The molecule has 11 heteroatoms. The van der Waals surface area contributed by atoms with E-state index >= 15 is 4.39 Å². The highest BCUT2D eigenvalue weighted by Gasteiger charge is 2.39. The van der Waals surface area contributed by atoms with E-state index in [2.05, 4.69) is 4.98 Å². The number of carboxylic acids is 1. The second kappa shape index (κ2) is 11.3. The average Bonchev–Trinajstić information content (AvgIpc) is 3.18. The Morgan fingerprint density at radius 2 is 2.03 bits per heavy atom. The van der Waals surface area contributed by atoms with Crippen molar-refractivity contribution >= 4 is 28.0 Å². The molecule has 3 aromatic rings. The van der Waals surface area contributed by atoms with Crippen molar-refractivity contribution in [2.75, 3.05) is 25.7 Å². The maximum atomic E-state index is 15.6. The molecule has 1 aliphatic heterocycles. The number of hydrogen-bond donors (Lipinski definition) is 3. The van der Waals surface area contributed by atoms with E-state index in [9.17, 15) is 18.5 Å². The summed E-state index contributed by atoms with van der Waals surface area (Å²) < 4.78 is 60.2. The van der Waals surface area contributed by atoms with Crippen LogP contribution >= 0.6 is 0 Å². The monoisotopic (exact) mass is 536 g/mol. The normalized spacial score (nSPS) is 19.5. The lowest BCUT2D eigenvalue weighted by Crippen LogP contribution is -2.46. The Morgan fingerprint density at radius 1 is 1.27 bits per heavy atom. The van der Waals surface area contributed by atoms with Crippen LogP contribution in [0.25, 0.3) is 10.9 Å². The van der Waals surface area contributed by atoms with Gasteiger partial charge < -0.3 is 24.1 Å². The molecular formula is C26H30F2N2O6S. The number of aromatic amines is 1. The number of halogens is 2. The van der Waals surface area contributed by atoms with Gasteiger partial charge in [0.2, 0.25) is 0 Å². The fourth-order valence-corrected chi connectivity index (χ4v) is 5.29. The molecule has 200 valence electrons. The number of nitrogens with zero attached hydrogens (tertiary/aromatic N) is 1. The number of rotatable bonds is 10. The van der Waals surface area contributed by atoms with Gasteiger partial charge in [-0.2, -0.15) is 0 Å². The number of carbonyl (C=O) groups is 1. The Kier molecular flexibility index (Phi) is 8.27. The highest BCUT2D eigenvalue weighted by Crippen LogP contribution is 2.44. The third-order valence-corrected chi connectivity index (χ3v) is 7.20. The zero-order valence-electron chi connectivity index (χ0n) is 20.8. The van der Waals surface area contributed by atoms with E-state index in [1.54, 1.807) is 19.9 Å². The third-order valence-electron chi connectivity index (χ3n) is 6.83. The van der Waals surface area contributed by atoms with Gasteiger partial charge in [-0.1, -0.05) is 6.92 Å². The Balaban J connectivity index is 1.78. The summed E-state index contributed by atoms with van der Waals surface area (Å²) in [5.74, 6) is -2.42. The Labute approximate surface area is 215 Å². The minimum atomic E-state index is -2.08. The Hall–Kier alpha value is -2.86. The molecule has 4 rings (SSSR count). The first-order chi connectivity index (χ1) is 17.6. The molecule has 3 N–H and O–H groups in total. The van der Waals surface area contributed by atoms with Gasteiger partial charge in [0.05, 0.1) is 18.6 Å². The lowest BCUT2D eigenvalue weighted by atomic mass is 9.85. The van der Waals surface area contributed by atoms with Crippen molar-refractivity contribution in [3.63, 3.8) is 0 Å². The summed E-state index contributed by atoms with van der Waals surface area (Å²) in [5, 5.41) is 10.3. The van der Waals surface area contributed by atoms with Crippen LogP contribution in [0.5, 0.6) is 5.75 Å². The molecule has 2 aromatic carbocycles. The standard InChI is InChI=1S/C26H30F2N2O6S/c1-14(26(31)32)12-30-15(2)10-19-18-11-17(27)4-6-21(18)29-24(19)25(30)23-16(3)22(7-5-20(23)28)36-9-8-35-13-37(33)34/h4-7,11,14-15,25,29H,8-10,12-13H2,1-3H3,(H,31,32)(H,33,34)/t14-,15-,25-/m1/s1. The molecule has 0 fully saturated rings. The van der Waals surface area contributed by atoms with Crippen molar-refractivity contribution in [1.29, 1.82) is 0 Å². The van der Waals surface area contributed by atoms with Gasteiger partial charge in [0.15, 0.2) is 11.1 Å². The zero-order valence-corrected chi connectivity index (χ0v) is 21.6. The van der Waals surface area contributed by atoms with Crippen LogP contribution in [-0.2, 0) is 27.0 Å². The van der Waals surface area contributed by atoms with E-state index in [0.717, 1.165) is 16.5 Å². The van der Waals surface area contributed by atoms with Crippen molar-refractivity contribution in [2.45, 2.75) is 39.3 Å². The van der Waals surface area contributed by atoms with Crippen LogP contribution in [-0.4, -0.2) is 61.5 Å². The predicted molar refractivity (Wildman–Crippen MR) is 135 cm³/mol. The van der Waals surface area contributed by atoms with Gasteiger partial charge in [-0.15, -0.1) is 0 Å². The van der Waals surface area contributed by atoms with E-state index in [1.807, 2.05) is 11.8 Å². The molecule has 1 aromatic heterocycles. The first-order valence-electron chi connectivity index (χ1n) is 11.9. The number of nitrogens with one attached hydrogen (secondary N) is 1. The summed E-state index contributed by atoms with van der Waals surface area (Å²) in [5.41, 5.74) is 3.17. The molecule has 0 radical (unpaired) electrons. The second-order valence-electron chi connectivity index (χ2n) is 9.38. The lowest BCUT2D eigenvalue weighted by Gasteiger charge is -2.42. The van der Waals surface area contributed by atoms with E-state index in [4.69, 9.17) is 14.0 Å². The van der Waals surface area contributed by atoms with Crippen LogP contribution in [0.1, 0.15) is 42.3 Å². The van der Waals surface area contributed by atoms with Gasteiger partial charge in [-0.05, 0) is 61.7 Å². The smallest absolute Gasteiger partial charge is 0.307 e. The number of aliphatic carboxylic acids is 1. The van der Waals surface area contributed by atoms with Crippen molar-refractivity contribution < 1.29 is 36.9 Å². The largest absolute Gasteiger partial charge is 0.491 e. The maximum Gasteiger partial charge on any atom is 0.307 e. The minimum Gasteiger partial charge on any atom is -0.491 e. The van der Waals surface area contributed by atoms with Gasteiger partial charge in [0, 0.05) is 34.7 Å². The van der Waals surface area contributed by atoms with Gasteiger partial charge in [0.25, 0.3) is 0 Å². The van der Waals surface area contributed by atoms with Crippen molar-refractivity contribution in [3.05, 3.63) is 64.4 Å². The summed E-state index contributed by atoms with van der Waals surface area (Å²) in [6.07, 6.45) is 0.544. The molecule has 0 aliphatic carbocycles. The molecule has 0 spiro atoms. The van der Waals surface area contributed by atoms with Crippen molar-refractivity contribution in [2.24, 2.45) is 5.92 Å². The molecule has 8 nitrogen and oxygen atoms in total. The molecule has 0 amide bonds. The third kappa shape index (κ3) is 5.69. The minimum absolute atomic E-state index is 0.0683. The number of hydrogen-bond acceptors (Lipinski definition) is 5. The lowest BCUT2D eigenvalue weighted by molar-refractivity contribution is -0.142. The summed E-state index contributed by atoms with van der Waals surface area (Å²) in [4.78, 5) is 17.1. The van der Waals surface area contributed by atoms with Gasteiger partial charge in [-0.3, -0.25) is 9.69 Å². The second-order valence-corrected chi connectivity index (χ2v) is 10.3. The summed E-state index contributed by atoms with van der Waals surface area (Å²) in [6, 6.07) is 6.48. The highest BCUT2D eigenvalue weighted by atomic mass is 32.2. The van der Waals surface area contributed by atoms with Crippen molar-refractivity contribution in [1.82, 2.24) is 9.88 Å². The number of benzene rings is 2. The molecular weight excluding hydrogens is 506 g/mol. The SMILES string of the molecule is Cc1c(OCCOCS(=O)O)ccc(F)c1[C@@H]1c2[nH]c3ccc(F)cc3c2C[C@@H](C)N1C[C@@H](C)C(=O)O. The molecule has 37 heavy (non-hydrogen) atoms. The molecule has 1 aliphatic rings.